The number of hydrogen-bond acceptors (Lipinski definition) is 2. The van der Waals surface area contributed by atoms with Crippen LogP contribution in [0.15, 0.2) is 18.2 Å². The second kappa shape index (κ2) is 4.62. The van der Waals surface area contributed by atoms with Crippen LogP contribution >= 0.6 is 0 Å². The third-order valence-corrected chi connectivity index (χ3v) is 3.31. The fourth-order valence-electron chi connectivity index (χ4n) is 2.34. The number of aryl methyl sites for hydroxylation is 2. The summed E-state index contributed by atoms with van der Waals surface area (Å²) in [5, 5.41) is 1.20. The maximum Gasteiger partial charge on any atom is 0.120 e. The molecule has 0 fully saturated rings. The second-order valence-electron chi connectivity index (χ2n) is 4.22. The van der Waals surface area contributed by atoms with Gasteiger partial charge in [-0.15, -0.1) is 0 Å². The van der Waals surface area contributed by atoms with Crippen molar-refractivity contribution in [2.45, 2.75) is 19.8 Å². The van der Waals surface area contributed by atoms with Gasteiger partial charge in [0.15, 0.2) is 0 Å². The predicted molar refractivity (Wildman–Crippen MR) is 68.6 cm³/mol. The summed E-state index contributed by atoms with van der Waals surface area (Å²) in [5.41, 5.74) is 3.65. The lowest BCUT2D eigenvalue weighted by Crippen LogP contribution is -1.98. The predicted octanol–water partition coefficient (Wildman–Crippen LogP) is 2.63. The molecule has 0 saturated heterocycles. The summed E-state index contributed by atoms with van der Waals surface area (Å²) >= 11 is 0. The summed E-state index contributed by atoms with van der Waals surface area (Å²) in [6, 6.07) is 6.08. The quantitative estimate of drug-likeness (QED) is 0.757. The van der Waals surface area contributed by atoms with E-state index in [9.17, 15) is 4.79 Å². The zero-order valence-corrected chi connectivity index (χ0v) is 10.5. The summed E-state index contributed by atoms with van der Waals surface area (Å²) < 4.78 is 7.40. The number of methoxy groups -OCH3 is 1. The largest absolute Gasteiger partial charge is 0.497 e. The molecule has 0 aliphatic carbocycles. The molecule has 1 heterocycles. The van der Waals surface area contributed by atoms with Gasteiger partial charge in [-0.25, -0.2) is 0 Å². The van der Waals surface area contributed by atoms with E-state index < -0.39 is 0 Å². The number of benzene rings is 1. The molecule has 0 atom stereocenters. The summed E-state index contributed by atoms with van der Waals surface area (Å²) in [5.74, 6) is 0.869. The number of fused-ring (bicyclic) bond motifs is 1. The molecule has 0 N–H and O–H groups in total. The van der Waals surface area contributed by atoms with Crippen LogP contribution in [0.4, 0.5) is 0 Å². The molecule has 1 aromatic heterocycles. The van der Waals surface area contributed by atoms with Gasteiger partial charge < -0.3 is 14.1 Å². The zero-order valence-electron chi connectivity index (χ0n) is 10.5. The Morgan fingerprint density at radius 1 is 1.41 bits per heavy atom. The van der Waals surface area contributed by atoms with Crippen molar-refractivity contribution in [1.29, 1.82) is 0 Å². The van der Waals surface area contributed by atoms with Crippen molar-refractivity contribution in [1.82, 2.24) is 4.57 Å². The van der Waals surface area contributed by atoms with E-state index in [2.05, 4.69) is 23.6 Å². The number of rotatable bonds is 4. The van der Waals surface area contributed by atoms with Crippen LogP contribution in [-0.4, -0.2) is 18.0 Å². The molecule has 0 amide bonds. The molecule has 17 heavy (non-hydrogen) atoms. The molecule has 0 aliphatic heterocycles. The molecule has 0 bridgehead atoms. The van der Waals surface area contributed by atoms with E-state index >= 15 is 0 Å². The van der Waals surface area contributed by atoms with Crippen LogP contribution in [0.25, 0.3) is 10.9 Å². The van der Waals surface area contributed by atoms with Crippen molar-refractivity contribution in [3.05, 3.63) is 29.5 Å². The number of hydrogen-bond donors (Lipinski definition) is 0. The Kier molecular flexibility index (Phi) is 3.18. The Morgan fingerprint density at radius 2 is 2.18 bits per heavy atom. The van der Waals surface area contributed by atoms with Crippen LogP contribution in [0, 0.1) is 6.92 Å². The van der Waals surface area contributed by atoms with Gasteiger partial charge in [0.2, 0.25) is 0 Å². The van der Waals surface area contributed by atoms with Gasteiger partial charge in [0.05, 0.1) is 7.11 Å². The summed E-state index contributed by atoms with van der Waals surface area (Å²) in [6.07, 6.45) is 2.34. The molecule has 0 radical (unpaired) electrons. The highest BCUT2D eigenvalue weighted by Crippen LogP contribution is 2.28. The minimum atomic E-state index is 0.572. The summed E-state index contributed by atoms with van der Waals surface area (Å²) in [6.45, 7) is 2.10. The van der Waals surface area contributed by atoms with Crippen LogP contribution in [-0.2, 0) is 18.3 Å². The SMILES string of the molecule is COc1ccc2c(c1)c(C)c(CCC=O)n2C. The number of aldehydes is 1. The average molecular weight is 231 g/mol. The van der Waals surface area contributed by atoms with E-state index in [1.165, 1.54) is 22.2 Å². The maximum absolute atomic E-state index is 10.5. The first kappa shape index (κ1) is 11.7. The Morgan fingerprint density at radius 3 is 2.82 bits per heavy atom. The summed E-state index contributed by atoms with van der Waals surface area (Å²) in [7, 11) is 3.72. The highest BCUT2D eigenvalue weighted by Gasteiger charge is 2.11. The third-order valence-electron chi connectivity index (χ3n) is 3.31. The van der Waals surface area contributed by atoms with Gasteiger partial charge >= 0.3 is 0 Å². The second-order valence-corrected chi connectivity index (χ2v) is 4.22. The molecule has 0 unspecified atom stereocenters. The number of carbonyl (C=O) groups excluding carboxylic acids is 1. The molecule has 0 saturated carbocycles. The molecule has 3 nitrogen and oxygen atoms in total. The molecule has 0 aliphatic rings. The average Bonchev–Trinajstić information content (AvgIpc) is 2.59. The monoisotopic (exact) mass is 231 g/mol. The highest BCUT2D eigenvalue weighted by molar-refractivity contribution is 5.86. The molecule has 3 heteroatoms. The Balaban J connectivity index is 2.58. The van der Waals surface area contributed by atoms with Gasteiger partial charge in [-0.1, -0.05) is 0 Å². The van der Waals surface area contributed by atoms with E-state index in [1.54, 1.807) is 7.11 Å². The van der Waals surface area contributed by atoms with E-state index in [0.717, 1.165) is 18.5 Å². The summed E-state index contributed by atoms with van der Waals surface area (Å²) in [4.78, 5) is 10.5. The van der Waals surface area contributed by atoms with Gasteiger partial charge in [-0.3, -0.25) is 0 Å². The Hall–Kier alpha value is -1.77. The molecule has 2 aromatic rings. The van der Waals surface area contributed by atoms with Crippen LogP contribution in [0.5, 0.6) is 5.75 Å². The van der Waals surface area contributed by atoms with Crippen molar-refractivity contribution in [2.24, 2.45) is 7.05 Å². The van der Waals surface area contributed by atoms with E-state index in [-0.39, 0.29) is 0 Å². The van der Waals surface area contributed by atoms with Crippen molar-refractivity contribution >= 4 is 17.2 Å². The number of ether oxygens (including phenoxy) is 1. The lowest BCUT2D eigenvalue weighted by atomic mass is 10.1. The van der Waals surface area contributed by atoms with Gasteiger partial charge in [-0.05, 0) is 37.1 Å². The molecule has 0 spiro atoms. The minimum absolute atomic E-state index is 0.572. The standard InChI is InChI=1S/C14H17NO2/c1-10-12-9-11(17-3)6-7-14(12)15(2)13(10)5-4-8-16/h6-9H,4-5H2,1-3H3. The van der Waals surface area contributed by atoms with Crippen molar-refractivity contribution in [2.75, 3.05) is 7.11 Å². The van der Waals surface area contributed by atoms with Crippen molar-refractivity contribution in [3.8, 4) is 5.75 Å². The first-order valence-corrected chi connectivity index (χ1v) is 5.74. The third kappa shape index (κ3) is 1.93. The van der Waals surface area contributed by atoms with Crippen molar-refractivity contribution < 1.29 is 9.53 Å². The van der Waals surface area contributed by atoms with Crippen LogP contribution in [0.2, 0.25) is 0 Å². The fraction of sp³-hybridized carbons (Fsp3) is 0.357. The highest BCUT2D eigenvalue weighted by atomic mass is 16.5. The van der Waals surface area contributed by atoms with Crippen LogP contribution in [0.1, 0.15) is 17.7 Å². The zero-order chi connectivity index (χ0) is 12.4. The van der Waals surface area contributed by atoms with Gasteiger partial charge in [0.25, 0.3) is 0 Å². The van der Waals surface area contributed by atoms with E-state index in [1.807, 2.05) is 13.1 Å². The van der Waals surface area contributed by atoms with Gasteiger partial charge in [0, 0.05) is 30.1 Å². The Labute approximate surface area is 101 Å². The van der Waals surface area contributed by atoms with Gasteiger partial charge in [0.1, 0.15) is 12.0 Å². The number of carbonyl (C=O) groups is 1. The minimum Gasteiger partial charge on any atom is -0.497 e. The molecule has 90 valence electrons. The fourth-order valence-corrected chi connectivity index (χ4v) is 2.34. The molecule has 1 aromatic carbocycles. The smallest absolute Gasteiger partial charge is 0.120 e. The lowest BCUT2D eigenvalue weighted by Gasteiger charge is -2.03. The molecular formula is C14H17NO2. The lowest BCUT2D eigenvalue weighted by molar-refractivity contribution is -0.107. The number of aromatic nitrogens is 1. The molecule has 2 rings (SSSR count). The first-order valence-electron chi connectivity index (χ1n) is 5.74. The first-order chi connectivity index (χ1) is 8.19. The van der Waals surface area contributed by atoms with Crippen LogP contribution < -0.4 is 4.74 Å². The van der Waals surface area contributed by atoms with Gasteiger partial charge in [-0.2, -0.15) is 0 Å². The Bertz CT molecular complexity index is 555. The van der Waals surface area contributed by atoms with Crippen molar-refractivity contribution in [3.63, 3.8) is 0 Å². The van der Waals surface area contributed by atoms with Crippen LogP contribution in [0.3, 0.4) is 0 Å². The molecular weight excluding hydrogens is 214 g/mol. The maximum atomic E-state index is 10.5. The normalized spacial score (nSPS) is 10.8. The van der Waals surface area contributed by atoms with E-state index in [0.29, 0.717) is 6.42 Å². The van der Waals surface area contributed by atoms with E-state index in [4.69, 9.17) is 4.74 Å². The number of nitrogens with zero attached hydrogens (tertiary/aromatic N) is 1. The topological polar surface area (TPSA) is 31.2 Å².